The van der Waals surface area contributed by atoms with Gasteiger partial charge in [0.15, 0.2) is 0 Å². The summed E-state index contributed by atoms with van der Waals surface area (Å²) >= 11 is 0. The van der Waals surface area contributed by atoms with Crippen LogP contribution in [0.25, 0.3) is 0 Å². The Bertz CT molecular complexity index is 356. The van der Waals surface area contributed by atoms with Gasteiger partial charge in [-0.25, -0.2) is 4.98 Å². The van der Waals surface area contributed by atoms with E-state index in [-0.39, 0.29) is 0 Å². The molecule has 16 heavy (non-hydrogen) atoms. The molecule has 0 bridgehead atoms. The Balaban J connectivity index is 1.98. The first kappa shape index (κ1) is 11.5. The zero-order valence-corrected chi connectivity index (χ0v) is 10.8. The van der Waals surface area contributed by atoms with E-state index in [0.29, 0.717) is 6.04 Å². The lowest BCUT2D eigenvalue weighted by Gasteiger charge is -2.32. The van der Waals surface area contributed by atoms with Gasteiger partial charge in [-0.2, -0.15) is 0 Å². The van der Waals surface area contributed by atoms with Gasteiger partial charge in [0.2, 0.25) is 5.95 Å². The molecule has 1 fully saturated rings. The predicted molar refractivity (Wildman–Crippen MR) is 67.5 cm³/mol. The highest BCUT2D eigenvalue weighted by atomic mass is 15.2. The van der Waals surface area contributed by atoms with Gasteiger partial charge in [0.05, 0.1) is 5.69 Å². The maximum absolute atomic E-state index is 4.50. The van der Waals surface area contributed by atoms with Crippen molar-refractivity contribution in [1.29, 1.82) is 0 Å². The Morgan fingerprint density at radius 2 is 2.06 bits per heavy atom. The molecule has 3 atom stereocenters. The molecule has 1 heterocycles. The first-order valence-electron chi connectivity index (χ1n) is 6.32. The highest BCUT2D eigenvalue weighted by molar-refractivity contribution is 5.29. The van der Waals surface area contributed by atoms with Crippen LogP contribution in [0.1, 0.15) is 38.8 Å². The molecular weight excluding hydrogens is 198 g/mol. The van der Waals surface area contributed by atoms with Crippen molar-refractivity contribution in [1.82, 2.24) is 9.55 Å². The van der Waals surface area contributed by atoms with Gasteiger partial charge in [-0.1, -0.05) is 13.8 Å². The third-order valence-corrected chi connectivity index (χ3v) is 3.93. The van der Waals surface area contributed by atoms with Crippen molar-refractivity contribution in [3.05, 3.63) is 11.9 Å². The summed E-state index contributed by atoms with van der Waals surface area (Å²) in [5.41, 5.74) is 1.09. The third kappa shape index (κ3) is 2.39. The minimum Gasteiger partial charge on any atom is -0.353 e. The molecule has 2 rings (SSSR count). The van der Waals surface area contributed by atoms with Crippen molar-refractivity contribution >= 4 is 5.95 Å². The zero-order chi connectivity index (χ0) is 11.7. The molecule has 3 heteroatoms. The number of aromatic nitrogens is 2. The van der Waals surface area contributed by atoms with Crippen LogP contribution in [0, 0.1) is 18.8 Å². The number of nitrogens with zero attached hydrogens (tertiary/aromatic N) is 2. The summed E-state index contributed by atoms with van der Waals surface area (Å²) in [5, 5.41) is 3.57. The molecule has 0 saturated heterocycles. The first-order chi connectivity index (χ1) is 7.56. The maximum Gasteiger partial charge on any atom is 0.202 e. The summed E-state index contributed by atoms with van der Waals surface area (Å²) in [5.74, 6) is 2.72. The molecule has 3 nitrogen and oxygen atoms in total. The summed E-state index contributed by atoms with van der Waals surface area (Å²) in [7, 11) is 2.05. The topological polar surface area (TPSA) is 29.9 Å². The molecule has 1 aliphatic rings. The van der Waals surface area contributed by atoms with Crippen molar-refractivity contribution in [2.75, 3.05) is 5.32 Å². The minimum absolute atomic E-state index is 0.603. The minimum atomic E-state index is 0.603. The van der Waals surface area contributed by atoms with E-state index in [9.17, 15) is 0 Å². The van der Waals surface area contributed by atoms with Crippen LogP contribution in [0.2, 0.25) is 0 Å². The molecule has 0 radical (unpaired) electrons. The molecule has 0 aromatic carbocycles. The Labute approximate surface area is 98.3 Å². The highest BCUT2D eigenvalue weighted by Crippen LogP contribution is 2.30. The van der Waals surface area contributed by atoms with Crippen LogP contribution in [0.4, 0.5) is 5.95 Å². The molecular formula is C13H23N3. The summed E-state index contributed by atoms with van der Waals surface area (Å²) in [6, 6.07) is 0.603. The van der Waals surface area contributed by atoms with Crippen LogP contribution >= 0.6 is 0 Å². The molecule has 90 valence electrons. The van der Waals surface area contributed by atoms with Gasteiger partial charge in [0.25, 0.3) is 0 Å². The summed E-state index contributed by atoms with van der Waals surface area (Å²) in [6.07, 6.45) is 5.95. The standard InChI is InChI=1S/C13H23N3/c1-9-5-6-12(7-10(9)2)15-13-14-11(3)8-16(13)4/h8-10,12H,5-7H2,1-4H3,(H,14,15). The molecule has 0 spiro atoms. The molecule has 1 aliphatic carbocycles. The zero-order valence-electron chi connectivity index (χ0n) is 10.8. The van der Waals surface area contributed by atoms with E-state index in [1.807, 2.05) is 6.92 Å². The quantitative estimate of drug-likeness (QED) is 0.832. The SMILES string of the molecule is Cc1cn(C)c(NC2CCC(C)C(C)C2)n1. The Morgan fingerprint density at radius 3 is 2.62 bits per heavy atom. The van der Waals surface area contributed by atoms with Crippen molar-refractivity contribution < 1.29 is 0 Å². The lowest BCUT2D eigenvalue weighted by Crippen LogP contribution is -2.31. The largest absolute Gasteiger partial charge is 0.353 e. The van der Waals surface area contributed by atoms with E-state index in [4.69, 9.17) is 0 Å². The van der Waals surface area contributed by atoms with E-state index in [1.165, 1.54) is 19.3 Å². The number of aryl methyl sites for hydroxylation is 2. The van der Waals surface area contributed by atoms with Gasteiger partial charge >= 0.3 is 0 Å². The molecule has 1 N–H and O–H groups in total. The van der Waals surface area contributed by atoms with Crippen molar-refractivity contribution in [2.45, 2.75) is 46.1 Å². The van der Waals surface area contributed by atoms with Crippen LogP contribution in [-0.4, -0.2) is 15.6 Å². The van der Waals surface area contributed by atoms with E-state index < -0.39 is 0 Å². The number of anilines is 1. The summed E-state index contributed by atoms with van der Waals surface area (Å²) in [6.45, 7) is 6.77. The number of hydrogen-bond acceptors (Lipinski definition) is 2. The van der Waals surface area contributed by atoms with E-state index in [2.05, 4.69) is 42.0 Å². The fourth-order valence-electron chi connectivity index (χ4n) is 2.61. The number of hydrogen-bond donors (Lipinski definition) is 1. The molecule has 1 saturated carbocycles. The first-order valence-corrected chi connectivity index (χ1v) is 6.32. The van der Waals surface area contributed by atoms with Gasteiger partial charge in [-0.15, -0.1) is 0 Å². The van der Waals surface area contributed by atoms with Gasteiger partial charge < -0.3 is 9.88 Å². The monoisotopic (exact) mass is 221 g/mol. The van der Waals surface area contributed by atoms with Crippen LogP contribution in [0.5, 0.6) is 0 Å². The van der Waals surface area contributed by atoms with Crippen molar-refractivity contribution in [2.24, 2.45) is 18.9 Å². The average molecular weight is 221 g/mol. The Kier molecular flexibility index (Phi) is 3.22. The van der Waals surface area contributed by atoms with Gasteiger partial charge in [-0.05, 0) is 38.0 Å². The second-order valence-corrected chi connectivity index (χ2v) is 5.43. The number of rotatable bonds is 2. The normalized spacial score (nSPS) is 30.4. The van der Waals surface area contributed by atoms with Crippen LogP contribution in [-0.2, 0) is 7.05 Å². The van der Waals surface area contributed by atoms with Crippen LogP contribution in [0.3, 0.4) is 0 Å². The highest BCUT2D eigenvalue weighted by Gasteiger charge is 2.25. The van der Waals surface area contributed by atoms with Gasteiger partial charge in [0, 0.05) is 19.3 Å². The van der Waals surface area contributed by atoms with Gasteiger partial charge in [0.1, 0.15) is 0 Å². The predicted octanol–water partition coefficient (Wildman–Crippen LogP) is 2.97. The van der Waals surface area contributed by atoms with Crippen molar-refractivity contribution in [3.8, 4) is 0 Å². The summed E-state index contributed by atoms with van der Waals surface area (Å²) < 4.78 is 2.08. The van der Waals surface area contributed by atoms with Crippen LogP contribution < -0.4 is 5.32 Å². The number of imidazole rings is 1. The van der Waals surface area contributed by atoms with Gasteiger partial charge in [-0.3, -0.25) is 0 Å². The van der Waals surface area contributed by atoms with E-state index >= 15 is 0 Å². The Hall–Kier alpha value is -0.990. The van der Waals surface area contributed by atoms with Crippen LogP contribution in [0.15, 0.2) is 6.20 Å². The fourth-order valence-corrected chi connectivity index (χ4v) is 2.61. The second kappa shape index (κ2) is 4.48. The Morgan fingerprint density at radius 1 is 1.31 bits per heavy atom. The molecule has 3 unspecified atom stereocenters. The van der Waals surface area contributed by atoms with E-state index in [0.717, 1.165) is 23.5 Å². The second-order valence-electron chi connectivity index (χ2n) is 5.43. The average Bonchev–Trinajstić information content (AvgIpc) is 2.51. The molecule has 0 amide bonds. The van der Waals surface area contributed by atoms with E-state index in [1.54, 1.807) is 0 Å². The maximum atomic E-state index is 4.50. The number of nitrogens with one attached hydrogen (secondary N) is 1. The lowest BCUT2D eigenvalue weighted by molar-refractivity contribution is 0.260. The smallest absolute Gasteiger partial charge is 0.202 e. The molecule has 1 aromatic rings. The molecule has 0 aliphatic heterocycles. The lowest BCUT2D eigenvalue weighted by atomic mass is 9.79. The molecule has 1 aromatic heterocycles. The van der Waals surface area contributed by atoms with Crippen molar-refractivity contribution in [3.63, 3.8) is 0 Å². The summed E-state index contributed by atoms with van der Waals surface area (Å²) in [4.78, 5) is 4.50. The third-order valence-electron chi connectivity index (χ3n) is 3.93. The fraction of sp³-hybridized carbons (Fsp3) is 0.769.